The summed E-state index contributed by atoms with van der Waals surface area (Å²) in [4.78, 5) is 4.38. The highest BCUT2D eigenvalue weighted by atomic mass is 32.1. The Balaban J connectivity index is 1.19. The van der Waals surface area contributed by atoms with Crippen molar-refractivity contribution in [3.05, 3.63) is 55.0 Å². The Morgan fingerprint density at radius 3 is 2.75 bits per heavy atom. The molecule has 5 aromatic rings. The molecule has 1 aromatic carbocycles. The van der Waals surface area contributed by atoms with Gasteiger partial charge in [-0.2, -0.15) is 8.75 Å². The van der Waals surface area contributed by atoms with Crippen molar-refractivity contribution in [2.24, 2.45) is 0 Å². The highest BCUT2D eigenvalue weighted by molar-refractivity contribution is 7.00. The first-order valence-corrected chi connectivity index (χ1v) is 12.2. The quantitative estimate of drug-likeness (QED) is 0.353. The molecule has 2 saturated heterocycles. The molecular formula is C23H21N9O3S. The summed E-state index contributed by atoms with van der Waals surface area (Å²) >= 11 is 1.18. The maximum Gasteiger partial charge on any atom is 0.189 e. The normalized spacial score (nSPS) is 24.9. The molecule has 0 amide bonds. The Kier molecular flexibility index (Phi) is 4.92. The van der Waals surface area contributed by atoms with Crippen LogP contribution in [0.2, 0.25) is 0 Å². The number of hydrogen-bond acceptors (Lipinski definition) is 11. The van der Waals surface area contributed by atoms with Crippen LogP contribution < -0.4 is 0 Å². The molecule has 4 aromatic heterocycles. The molecule has 2 aliphatic rings. The third-order valence-electron chi connectivity index (χ3n) is 6.33. The predicted molar refractivity (Wildman–Crippen MR) is 127 cm³/mol. The van der Waals surface area contributed by atoms with Gasteiger partial charge in [0.15, 0.2) is 12.1 Å². The molecule has 13 heteroatoms. The molecule has 36 heavy (non-hydrogen) atoms. The zero-order chi connectivity index (χ0) is 24.3. The monoisotopic (exact) mass is 503 g/mol. The first-order valence-electron chi connectivity index (χ1n) is 11.5. The highest BCUT2D eigenvalue weighted by Crippen LogP contribution is 2.43. The van der Waals surface area contributed by atoms with Gasteiger partial charge >= 0.3 is 0 Å². The number of hydrogen-bond donors (Lipinski definition) is 0. The number of aromatic nitrogens is 9. The summed E-state index contributed by atoms with van der Waals surface area (Å²) in [5.74, 6) is -0.760. The molecule has 4 atom stereocenters. The van der Waals surface area contributed by atoms with E-state index in [0.717, 1.165) is 28.0 Å². The van der Waals surface area contributed by atoms with E-state index >= 15 is 0 Å². The third kappa shape index (κ3) is 3.67. The van der Waals surface area contributed by atoms with Gasteiger partial charge in [0.2, 0.25) is 0 Å². The maximum atomic E-state index is 6.32. The second-order valence-corrected chi connectivity index (χ2v) is 9.72. The van der Waals surface area contributed by atoms with E-state index < -0.39 is 12.1 Å². The van der Waals surface area contributed by atoms with Crippen LogP contribution in [0.25, 0.3) is 33.7 Å². The zero-order valence-electron chi connectivity index (χ0n) is 19.4. The summed E-state index contributed by atoms with van der Waals surface area (Å²) in [6, 6.07) is 11.2. The van der Waals surface area contributed by atoms with Gasteiger partial charge in [0.25, 0.3) is 0 Å². The van der Waals surface area contributed by atoms with Crippen LogP contribution in [0.15, 0.2) is 55.0 Å². The molecular weight excluding hydrogens is 482 g/mol. The summed E-state index contributed by atoms with van der Waals surface area (Å²) in [5.41, 5.74) is 4.67. The van der Waals surface area contributed by atoms with E-state index in [1.54, 1.807) is 15.6 Å². The minimum Gasteiger partial charge on any atom is -0.342 e. The van der Waals surface area contributed by atoms with Crippen LogP contribution in [0, 0.1) is 0 Å². The Morgan fingerprint density at radius 2 is 1.86 bits per heavy atom. The molecule has 6 heterocycles. The van der Waals surface area contributed by atoms with Crippen molar-refractivity contribution in [1.82, 2.24) is 43.7 Å². The number of fused-ring (bicyclic) bond motifs is 2. The number of rotatable bonds is 5. The van der Waals surface area contributed by atoms with Crippen LogP contribution in [-0.4, -0.2) is 68.0 Å². The molecule has 0 N–H and O–H groups in total. The molecule has 0 aliphatic carbocycles. The van der Waals surface area contributed by atoms with Gasteiger partial charge < -0.3 is 14.2 Å². The van der Waals surface area contributed by atoms with Crippen LogP contribution in [0.5, 0.6) is 0 Å². The number of benzene rings is 1. The topological polar surface area (TPSA) is 128 Å². The lowest BCUT2D eigenvalue weighted by atomic mass is 10.1. The maximum absolute atomic E-state index is 6.32. The smallest absolute Gasteiger partial charge is 0.189 e. The molecule has 7 rings (SSSR count). The Morgan fingerprint density at radius 1 is 0.944 bits per heavy atom. The largest absolute Gasteiger partial charge is 0.342 e. The van der Waals surface area contributed by atoms with Crippen molar-refractivity contribution in [2.45, 2.75) is 50.7 Å². The lowest BCUT2D eigenvalue weighted by Crippen LogP contribution is -2.34. The van der Waals surface area contributed by atoms with Gasteiger partial charge in [0.1, 0.15) is 40.7 Å². The third-order valence-corrected chi connectivity index (χ3v) is 6.87. The number of ether oxygens (including phenoxy) is 3. The fourth-order valence-corrected chi connectivity index (χ4v) is 5.34. The molecule has 0 radical (unpaired) electrons. The minimum atomic E-state index is -0.760. The van der Waals surface area contributed by atoms with Gasteiger partial charge in [0.05, 0.1) is 36.4 Å². The summed E-state index contributed by atoms with van der Waals surface area (Å²) < 4.78 is 30.8. The number of pyridine rings is 1. The van der Waals surface area contributed by atoms with Crippen molar-refractivity contribution in [3.63, 3.8) is 0 Å². The molecule has 0 unspecified atom stereocenters. The second-order valence-electron chi connectivity index (χ2n) is 9.20. The van der Waals surface area contributed by atoms with E-state index in [2.05, 4.69) is 34.4 Å². The van der Waals surface area contributed by atoms with Gasteiger partial charge in [-0.25, -0.2) is 9.36 Å². The average Bonchev–Trinajstić information content (AvgIpc) is 3.68. The Bertz CT molecular complexity index is 1530. The molecule has 2 aliphatic heterocycles. The van der Waals surface area contributed by atoms with Crippen LogP contribution in [-0.2, 0) is 20.8 Å². The van der Waals surface area contributed by atoms with Crippen molar-refractivity contribution in [3.8, 4) is 22.6 Å². The number of nitrogens with zero attached hydrogens (tertiary/aromatic N) is 9. The van der Waals surface area contributed by atoms with E-state index in [9.17, 15) is 0 Å². The standard InChI is InChI=1S/C23H21N9O3S/c1-23(2)34-21-20(32-11-17(26-30-32)14-7-3-4-9-24-14)18(33-22(21)35-23)12-31-10-16(25-29-31)13-6-5-8-15-19(13)28-36-27-15/h3-11,18,20-22H,12H2,1-2H3/t18-,20-,21-,22-/m1/s1. The van der Waals surface area contributed by atoms with Crippen LogP contribution >= 0.6 is 11.7 Å². The first-order chi connectivity index (χ1) is 17.5. The van der Waals surface area contributed by atoms with Crippen LogP contribution in [0.1, 0.15) is 19.9 Å². The summed E-state index contributed by atoms with van der Waals surface area (Å²) in [6.45, 7) is 4.17. The van der Waals surface area contributed by atoms with Crippen molar-refractivity contribution < 1.29 is 14.2 Å². The van der Waals surface area contributed by atoms with E-state index in [-0.39, 0.29) is 18.2 Å². The second kappa shape index (κ2) is 8.20. The minimum absolute atomic E-state index is 0.291. The summed E-state index contributed by atoms with van der Waals surface area (Å²) in [7, 11) is 0. The zero-order valence-corrected chi connectivity index (χ0v) is 20.2. The highest BCUT2D eigenvalue weighted by Gasteiger charge is 2.56. The van der Waals surface area contributed by atoms with Gasteiger partial charge in [-0.05, 0) is 32.0 Å². The molecule has 0 saturated carbocycles. The van der Waals surface area contributed by atoms with Gasteiger partial charge in [-0.3, -0.25) is 4.98 Å². The SMILES string of the molecule is CC1(C)O[C@H]2O[C@H](Cn3cc(-c4cccc5nsnc45)nn3)[C@@H](n3cc(-c4ccccn4)nn3)[C@H]2O1. The molecule has 182 valence electrons. The first kappa shape index (κ1) is 21.6. The Labute approximate surface area is 209 Å². The lowest BCUT2D eigenvalue weighted by molar-refractivity contribution is -0.210. The fraction of sp³-hybridized carbons (Fsp3) is 0.348. The lowest BCUT2D eigenvalue weighted by Gasteiger charge is -2.25. The van der Waals surface area contributed by atoms with Gasteiger partial charge in [-0.1, -0.05) is 28.6 Å². The molecule has 2 fully saturated rings. The van der Waals surface area contributed by atoms with Crippen LogP contribution in [0.3, 0.4) is 0 Å². The van der Waals surface area contributed by atoms with Crippen molar-refractivity contribution in [2.75, 3.05) is 0 Å². The predicted octanol–water partition coefficient (Wildman–Crippen LogP) is 2.72. The molecule has 0 bridgehead atoms. The Hall–Kier alpha value is -3.65. The molecule has 0 spiro atoms. The van der Waals surface area contributed by atoms with E-state index in [4.69, 9.17) is 14.2 Å². The van der Waals surface area contributed by atoms with Crippen LogP contribution in [0.4, 0.5) is 0 Å². The van der Waals surface area contributed by atoms with E-state index in [1.165, 1.54) is 11.7 Å². The van der Waals surface area contributed by atoms with E-state index in [1.807, 2.05) is 62.6 Å². The van der Waals surface area contributed by atoms with Crippen molar-refractivity contribution in [1.29, 1.82) is 0 Å². The van der Waals surface area contributed by atoms with Gasteiger partial charge in [0, 0.05) is 11.8 Å². The van der Waals surface area contributed by atoms with Crippen molar-refractivity contribution >= 4 is 22.8 Å². The van der Waals surface area contributed by atoms with E-state index in [0.29, 0.717) is 12.2 Å². The summed E-state index contributed by atoms with van der Waals surface area (Å²) in [6.07, 6.45) is 4.24. The average molecular weight is 504 g/mol. The van der Waals surface area contributed by atoms with Gasteiger partial charge in [-0.15, -0.1) is 10.2 Å². The summed E-state index contributed by atoms with van der Waals surface area (Å²) in [5, 5.41) is 17.5. The molecule has 12 nitrogen and oxygen atoms in total. The fourth-order valence-electron chi connectivity index (χ4n) is 4.79.